The van der Waals surface area contributed by atoms with Crippen LogP contribution in [-0.4, -0.2) is 21.7 Å². The Labute approximate surface area is 119 Å². The standard InChI is InChI=1S/C16H8N2O3/c19-14-10-7-4-8-17-13(10)15(20)11-12(18-21-16(11)14)9-5-2-1-3-6-9/h1-8H. The first-order chi connectivity index (χ1) is 10.3. The van der Waals surface area contributed by atoms with Crippen molar-refractivity contribution in [3.8, 4) is 11.3 Å². The summed E-state index contributed by atoms with van der Waals surface area (Å²) in [5.41, 5.74) is 1.70. The summed E-state index contributed by atoms with van der Waals surface area (Å²) in [6.45, 7) is 0. The third kappa shape index (κ3) is 1.57. The summed E-state index contributed by atoms with van der Waals surface area (Å²) in [5.74, 6) is -0.706. The summed E-state index contributed by atoms with van der Waals surface area (Å²) in [4.78, 5) is 29.0. The van der Waals surface area contributed by atoms with E-state index in [2.05, 4.69) is 10.1 Å². The maximum Gasteiger partial charge on any atom is 0.234 e. The highest BCUT2D eigenvalue weighted by molar-refractivity contribution is 6.28. The Morgan fingerprint density at radius 1 is 0.857 bits per heavy atom. The number of fused-ring (bicyclic) bond motifs is 2. The third-order valence-electron chi connectivity index (χ3n) is 3.44. The Balaban J connectivity index is 1.98. The number of carbonyl (C=O) groups excluding carboxylic acids is 2. The minimum atomic E-state index is -0.359. The van der Waals surface area contributed by atoms with E-state index in [1.54, 1.807) is 12.1 Å². The van der Waals surface area contributed by atoms with Crippen molar-refractivity contribution in [1.29, 1.82) is 0 Å². The molecule has 0 unspecified atom stereocenters. The molecule has 1 aromatic carbocycles. The lowest BCUT2D eigenvalue weighted by Gasteiger charge is -2.11. The summed E-state index contributed by atoms with van der Waals surface area (Å²) in [6, 6.07) is 12.3. The second-order valence-corrected chi connectivity index (χ2v) is 4.66. The van der Waals surface area contributed by atoms with Gasteiger partial charge in [-0.25, -0.2) is 0 Å². The molecule has 0 radical (unpaired) electrons. The molecule has 0 saturated heterocycles. The van der Waals surface area contributed by atoms with Gasteiger partial charge in [-0.2, -0.15) is 0 Å². The van der Waals surface area contributed by atoms with Gasteiger partial charge >= 0.3 is 0 Å². The molecule has 1 aliphatic carbocycles. The quantitative estimate of drug-likeness (QED) is 0.534. The lowest BCUT2D eigenvalue weighted by molar-refractivity contribution is 0.0951. The van der Waals surface area contributed by atoms with Crippen molar-refractivity contribution in [1.82, 2.24) is 10.1 Å². The first kappa shape index (κ1) is 11.7. The van der Waals surface area contributed by atoms with E-state index in [1.807, 2.05) is 30.3 Å². The van der Waals surface area contributed by atoms with Gasteiger partial charge < -0.3 is 4.52 Å². The Hall–Kier alpha value is -3.08. The van der Waals surface area contributed by atoms with Crippen LogP contribution < -0.4 is 0 Å². The molecule has 1 aliphatic rings. The topological polar surface area (TPSA) is 73.1 Å². The van der Waals surface area contributed by atoms with Crippen LogP contribution in [0, 0.1) is 0 Å². The second kappa shape index (κ2) is 4.21. The largest absolute Gasteiger partial charge is 0.351 e. The van der Waals surface area contributed by atoms with Crippen molar-refractivity contribution >= 4 is 11.6 Å². The second-order valence-electron chi connectivity index (χ2n) is 4.66. The third-order valence-corrected chi connectivity index (χ3v) is 3.44. The van der Waals surface area contributed by atoms with E-state index in [9.17, 15) is 9.59 Å². The van der Waals surface area contributed by atoms with Crippen molar-refractivity contribution in [2.75, 3.05) is 0 Å². The number of aromatic nitrogens is 2. The number of pyridine rings is 1. The van der Waals surface area contributed by atoms with Gasteiger partial charge in [-0.1, -0.05) is 35.5 Å². The zero-order chi connectivity index (χ0) is 14.4. The molecule has 0 aliphatic heterocycles. The fourth-order valence-corrected chi connectivity index (χ4v) is 2.46. The summed E-state index contributed by atoms with van der Waals surface area (Å²) < 4.78 is 5.13. The van der Waals surface area contributed by atoms with E-state index in [0.717, 1.165) is 5.56 Å². The van der Waals surface area contributed by atoms with E-state index in [0.29, 0.717) is 5.69 Å². The molecule has 5 nitrogen and oxygen atoms in total. The van der Waals surface area contributed by atoms with Crippen LogP contribution in [0.3, 0.4) is 0 Å². The molecule has 0 N–H and O–H groups in total. The predicted molar refractivity (Wildman–Crippen MR) is 73.0 cm³/mol. The zero-order valence-electron chi connectivity index (χ0n) is 10.7. The van der Waals surface area contributed by atoms with Crippen molar-refractivity contribution in [2.24, 2.45) is 0 Å². The van der Waals surface area contributed by atoms with E-state index < -0.39 is 0 Å². The zero-order valence-corrected chi connectivity index (χ0v) is 10.7. The van der Waals surface area contributed by atoms with E-state index in [4.69, 9.17) is 4.52 Å². The molecule has 100 valence electrons. The minimum Gasteiger partial charge on any atom is -0.351 e. The van der Waals surface area contributed by atoms with Crippen molar-refractivity contribution in [3.05, 3.63) is 71.2 Å². The lowest BCUT2D eigenvalue weighted by Crippen LogP contribution is -2.21. The van der Waals surface area contributed by atoms with Gasteiger partial charge in [-0.05, 0) is 12.1 Å². The van der Waals surface area contributed by atoms with Gasteiger partial charge in [-0.15, -0.1) is 0 Å². The molecule has 2 aromatic heterocycles. The van der Waals surface area contributed by atoms with Gasteiger partial charge in [0.1, 0.15) is 17.0 Å². The van der Waals surface area contributed by atoms with Gasteiger partial charge in [0.25, 0.3) is 0 Å². The van der Waals surface area contributed by atoms with Crippen LogP contribution >= 0.6 is 0 Å². The first-order valence-electron chi connectivity index (χ1n) is 6.37. The van der Waals surface area contributed by atoms with Crippen molar-refractivity contribution < 1.29 is 14.1 Å². The van der Waals surface area contributed by atoms with Gasteiger partial charge in [0.05, 0.1) is 5.56 Å². The van der Waals surface area contributed by atoms with Gasteiger partial charge in [-0.3, -0.25) is 14.6 Å². The molecule has 2 heterocycles. The number of hydrogen-bond acceptors (Lipinski definition) is 5. The number of nitrogens with zero attached hydrogens (tertiary/aromatic N) is 2. The Bertz CT molecular complexity index is 882. The molecule has 21 heavy (non-hydrogen) atoms. The molecule has 0 atom stereocenters. The summed E-state index contributed by atoms with van der Waals surface area (Å²) in [6.07, 6.45) is 1.49. The summed E-state index contributed by atoms with van der Waals surface area (Å²) in [5, 5.41) is 3.91. The molecule has 0 saturated carbocycles. The monoisotopic (exact) mass is 276 g/mol. The molecule has 5 heteroatoms. The average molecular weight is 276 g/mol. The summed E-state index contributed by atoms with van der Waals surface area (Å²) in [7, 11) is 0. The first-order valence-corrected chi connectivity index (χ1v) is 6.37. The number of ketones is 2. The highest BCUT2D eigenvalue weighted by atomic mass is 16.5. The molecule has 0 fully saturated rings. The Morgan fingerprint density at radius 3 is 2.48 bits per heavy atom. The normalized spacial score (nSPS) is 13.0. The maximum absolute atomic E-state index is 12.6. The van der Waals surface area contributed by atoms with E-state index in [1.165, 1.54) is 6.20 Å². The maximum atomic E-state index is 12.6. The van der Waals surface area contributed by atoms with Crippen LogP contribution in [0.2, 0.25) is 0 Å². The fraction of sp³-hybridized carbons (Fsp3) is 0. The molecular formula is C16H8N2O3. The Kier molecular flexibility index (Phi) is 2.35. The van der Waals surface area contributed by atoms with Crippen LogP contribution in [0.15, 0.2) is 53.2 Å². The number of hydrogen-bond donors (Lipinski definition) is 0. The van der Waals surface area contributed by atoms with Crippen LogP contribution in [-0.2, 0) is 0 Å². The van der Waals surface area contributed by atoms with Crippen molar-refractivity contribution in [3.63, 3.8) is 0 Å². The van der Waals surface area contributed by atoms with Crippen molar-refractivity contribution in [2.45, 2.75) is 0 Å². The summed E-state index contributed by atoms with van der Waals surface area (Å²) >= 11 is 0. The molecule has 0 spiro atoms. The predicted octanol–water partition coefficient (Wildman–Crippen LogP) is 2.51. The van der Waals surface area contributed by atoms with E-state index >= 15 is 0 Å². The number of benzene rings is 1. The number of rotatable bonds is 1. The van der Waals surface area contributed by atoms with Gasteiger partial charge in [0.15, 0.2) is 0 Å². The molecule has 4 rings (SSSR count). The molecule has 3 aromatic rings. The minimum absolute atomic E-state index is 0.0145. The van der Waals surface area contributed by atoms with Gasteiger partial charge in [0, 0.05) is 11.8 Å². The number of carbonyl (C=O) groups is 2. The van der Waals surface area contributed by atoms with Crippen LogP contribution in [0.1, 0.15) is 32.2 Å². The SMILES string of the molecule is O=C1c2cccnc2C(=O)c2c(-c3ccccc3)noc21. The molecular weight excluding hydrogens is 268 g/mol. The average Bonchev–Trinajstić information content (AvgIpc) is 2.99. The lowest BCUT2D eigenvalue weighted by atomic mass is 9.89. The van der Waals surface area contributed by atoms with Gasteiger partial charge in [0.2, 0.25) is 17.3 Å². The van der Waals surface area contributed by atoms with Crippen LogP contribution in [0.4, 0.5) is 0 Å². The highest BCUT2D eigenvalue weighted by Gasteiger charge is 2.37. The fourth-order valence-electron chi connectivity index (χ4n) is 2.46. The smallest absolute Gasteiger partial charge is 0.234 e. The molecule has 0 amide bonds. The van der Waals surface area contributed by atoms with E-state index in [-0.39, 0.29) is 34.1 Å². The Morgan fingerprint density at radius 2 is 1.67 bits per heavy atom. The van der Waals surface area contributed by atoms with Crippen LogP contribution in [0.25, 0.3) is 11.3 Å². The highest BCUT2D eigenvalue weighted by Crippen LogP contribution is 2.33. The molecule has 0 bridgehead atoms. The van der Waals surface area contributed by atoms with Crippen LogP contribution in [0.5, 0.6) is 0 Å².